The molecule has 0 aromatic heterocycles. The molecule has 0 spiro atoms. The first-order valence-electron chi connectivity index (χ1n) is 10.0. The summed E-state index contributed by atoms with van der Waals surface area (Å²) in [5.41, 5.74) is 7.93. The summed E-state index contributed by atoms with van der Waals surface area (Å²) in [5.74, 6) is -0.385. The quantitative estimate of drug-likeness (QED) is 0.521. The summed E-state index contributed by atoms with van der Waals surface area (Å²) >= 11 is 0. The number of nitrogens with two attached hydrogens (primary N) is 1. The van der Waals surface area contributed by atoms with Crippen LogP contribution in [-0.4, -0.2) is 17.9 Å². The van der Waals surface area contributed by atoms with Gasteiger partial charge in [0.15, 0.2) is 0 Å². The third kappa shape index (κ3) is 5.91. The highest BCUT2D eigenvalue weighted by atomic mass is 19.4. The molecule has 0 bridgehead atoms. The van der Waals surface area contributed by atoms with E-state index in [0.717, 1.165) is 17.7 Å². The fraction of sp³-hybridized carbons (Fsp3) is 0.160. The maximum absolute atomic E-state index is 13.0. The SMILES string of the molecule is CN(Cc1ccccc1)C(=O)/C(N)=C(/NCc1cccc(C(F)(F)F)c1)c1ccccc1. The van der Waals surface area contributed by atoms with Gasteiger partial charge in [-0.1, -0.05) is 72.8 Å². The number of benzene rings is 3. The van der Waals surface area contributed by atoms with Gasteiger partial charge in [-0.05, 0) is 28.8 Å². The highest BCUT2D eigenvalue weighted by Crippen LogP contribution is 2.29. The van der Waals surface area contributed by atoms with Crippen LogP contribution in [-0.2, 0) is 24.1 Å². The predicted molar refractivity (Wildman–Crippen MR) is 119 cm³/mol. The molecule has 3 N–H and O–H groups in total. The van der Waals surface area contributed by atoms with E-state index in [4.69, 9.17) is 5.73 Å². The van der Waals surface area contributed by atoms with Gasteiger partial charge >= 0.3 is 6.18 Å². The fourth-order valence-electron chi connectivity index (χ4n) is 3.25. The normalized spacial score (nSPS) is 12.1. The standard InChI is InChI=1S/C25H24F3N3O/c1-31(17-18-9-4-2-5-10-18)24(32)22(29)23(20-12-6-3-7-13-20)30-16-19-11-8-14-21(15-19)25(26,27)28/h2-15,30H,16-17,29H2,1H3/b23-22-. The Bertz CT molecular complexity index is 1080. The number of amides is 1. The van der Waals surface area contributed by atoms with Gasteiger partial charge in [-0.2, -0.15) is 13.2 Å². The number of alkyl halides is 3. The maximum Gasteiger partial charge on any atom is 0.416 e. The van der Waals surface area contributed by atoms with Crippen molar-refractivity contribution in [3.8, 4) is 0 Å². The van der Waals surface area contributed by atoms with Crippen molar-refractivity contribution in [1.29, 1.82) is 0 Å². The van der Waals surface area contributed by atoms with E-state index in [1.165, 1.54) is 11.0 Å². The van der Waals surface area contributed by atoms with Crippen molar-refractivity contribution >= 4 is 11.6 Å². The van der Waals surface area contributed by atoms with Crippen LogP contribution >= 0.6 is 0 Å². The molecule has 0 heterocycles. The van der Waals surface area contributed by atoms with Crippen LogP contribution in [0.25, 0.3) is 5.70 Å². The number of likely N-dealkylation sites (N-methyl/N-ethyl adjacent to an activating group) is 1. The molecule has 166 valence electrons. The molecule has 0 aliphatic heterocycles. The van der Waals surface area contributed by atoms with Gasteiger partial charge in [0.1, 0.15) is 5.70 Å². The molecule has 0 aliphatic carbocycles. The third-order valence-corrected chi connectivity index (χ3v) is 4.90. The van der Waals surface area contributed by atoms with Crippen LogP contribution in [0.3, 0.4) is 0 Å². The van der Waals surface area contributed by atoms with Gasteiger partial charge in [-0.25, -0.2) is 0 Å². The average Bonchev–Trinajstić information content (AvgIpc) is 2.79. The van der Waals surface area contributed by atoms with Crippen molar-refractivity contribution in [2.24, 2.45) is 5.73 Å². The fourth-order valence-corrected chi connectivity index (χ4v) is 3.25. The Hall–Kier alpha value is -3.74. The number of carbonyl (C=O) groups is 1. The van der Waals surface area contributed by atoms with Crippen LogP contribution in [0.2, 0.25) is 0 Å². The summed E-state index contributed by atoms with van der Waals surface area (Å²) in [7, 11) is 1.65. The topological polar surface area (TPSA) is 58.4 Å². The number of carbonyl (C=O) groups excluding carboxylic acids is 1. The van der Waals surface area contributed by atoms with Gasteiger partial charge in [0.05, 0.1) is 11.3 Å². The molecule has 4 nitrogen and oxygen atoms in total. The van der Waals surface area contributed by atoms with E-state index in [1.807, 2.05) is 36.4 Å². The Morgan fingerprint density at radius 1 is 0.906 bits per heavy atom. The summed E-state index contributed by atoms with van der Waals surface area (Å²) in [6.07, 6.45) is -4.43. The molecule has 3 aromatic rings. The smallest absolute Gasteiger partial charge is 0.393 e. The van der Waals surface area contributed by atoms with Crippen LogP contribution < -0.4 is 11.1 Å². The van der Waals surface area contributed by atoms with Gasteiger partial charge < -0.3 is 16.0 Å². The largest absolute Gasteiger partial charge is 0.416 e. The Kier molecular flexibility index (Phi) is 7.20. The second-order valence-electron chi connectivity index (χ2n) is 7.35. The highest BCUT2D eigenvalue weighted by molar-refractivity contribution is 5.99. The molecule has 0 saturated heterocycles. The minimum atomic E-state index is -4.43. The maximum atomic E-state index is 13.0. The zero-order chi connectivity index (χ0) is 23.1. The Labute approximate surface area is 185 Å². The molecule has 0 saturated carbocycles. The Balaban J connectivity index is 1.85. The summed E-state index contributed by atoms with van der Waals surface area (Å²) in [5, 5.41) is 3.07. The molecular weight excluding hydrogens is 415 g/mol. The number of nitrogens with zero attached hydrogens (tertiary/aromatic N) is 1. The van der Waals surface area contributed by atoms with Gasteiger partial charge in [0.2, 0.25) is 0 Å². The molecule has 0 unspecified atom stereocenters. The molecule has 0 atom stereocenters. The third-order valence-electron chi connectivity index (χ3n) is 4.90. The van der Waals surface area contributed by atoms with Crippen LogP contribution in [0.5, 0.6) is 0 Å². The molecule has 7 heteroatoms. The van der Waals surface area contributed by atoms with E-state index in [0.29, 0.717) is 23.4 Å². The minimum absolute atomic E-state index is 0.0124. The van der Waals surface area contributed by atoms with Crippen LogP contribution in [0.1, 0.15) is 22.3 Å². The first-order valence-corrected chi connectivity index (χ1v) is 10.0. The molecule has 3 aromatic carbocycles. The molecule has 1 amide bonds. The lowest BCUT2D eigenvalue weighted by molar-refractivity contribution is -0.137. The second-order valence-corrected chi connectivity index (χ2v) is 7.35. The van der Waals surface area contributed by atoms with Gasteiger partial charge in [-0.15, -0.1) is 0 Å². The van der Waals surface area contributed by atoms with Crippen molar-refractivity contribution in [3.05, 3.63) is 113 Å². The summed E-state index contributed by atoms with van der Waals surface area (Å²) < 4.78 is 39.1. The lowest BCUT2D eigenvalue weighted by Gasteiger charge is -2.21. The summed E-state index contributed by atoms with van der Waals surface area (Å²) in [6.45, 7) is 0.445. The summed E-state index contributed by atoms with van der Waals surface area (Å²) in [4.78, 5) is 14.5. The van der Waals surface area contributed by atoms with E-state index >= 15 is 0 Å². The first kappa shape index (κ1) is 22.9. The first-order chi connectivity index (χ1) is 15.3. The van der Waals surface area contributed by atoms with Crippen molar-refractivity contribution in [3.63, 3.8) is 0 Å². The van der Waals surface area contributed by atoms with Gasteiger partial charge in [0.25, 0.3) is 5.91 Å². The molecule has 3 rings (SSSR count). The Morgan fingerprint density at radius 3 is 2.12 bits per heavy atom. The number of hydrogen-bond donors (Lipinski definition) is 2. The Morgan fingerprint density at radius 2 is 1.50 bits per heavy atom. The lowest BCUT2D eigenvalue weighted by Crippen LogP contribution is -2.33. The highest BCUT2D eigenvalue weighted by Gasteiger charge is 2.30. The summed E-state index contributed by atoms with van der Waals surface area (Å²) in [6, 6.07) is 23.5. The van der Waals surface area contributed by atoms with Crippen LogP contribution in [0, 0.1) is 0 Å². The number of hydrogen-bond acceptors (Lipinski definition) is 3. The monoisotopic (exact) mass is 439 g/mol. The minimum Gasteiger partial charge on any atom is -0.393 e. The van der Waals surface area contributed by atoms with Gasteiger partial charge in [-0.3, -0.25) is 4.79 Å². The molecule has 32 heavy (non-hydrogen) atoms. The number of nitrogens with one attached hydrogen (secondary N) is 1. The van der Waals surface area contributed by atoms with Gasteiger partial charge in [0, 0.05) is 20.1 Å². The number of rotatable bonds is 7. The lowest BCUT2D eigenvalue weighted by atomic mass is 10.1. The van der Waals surface area contributed by atoms with E-state index in [1.54, 1.807) is 37.4 Å². The van der Waals surface area contributed by atoms with Crippen molar-refractivity contribution in [2.45, 2.75) is 19.3 Å². The predicted octanol–water partition coefficient (Wildman–Crippen LogP) is 4.78. The zero-order valence-electron chi connectivity index (χ0n) is 17.6. The van der Waals surface area contributed by atoms with Crippen molar-refractivity contribution < 1.29 is 18.0 Å². The molecular formula is C25H24F3N3O. The average molecular weight is 439 g/mol. The molecule has 0 aliphatic rings. The van der Waals surface area contributed by atoms with Crippen molar-refractivity contribution in [1.82, 2.24) is 10.2 Å². The second kappa shape index (κ2) is 10.0. The van der Waals surface area contributed by atoms with Crippen LogP contribution in [0.15, 0.2) is 90.6 Å². The zero-order valence-corrected chi connectivity index (χ0v) is 17.6. The number of halogens is 3. The molecule has 0 fully saturated rings. The van der Waals surface area contributed by atoms with E-state index < -0.39 is 11.7 Å². The van der Waals surface area contributed by atoms with E-state index in [9.17, 15) is 18.0 Å². The molecule has 0 radical (unpaired) electrons. The van der Waals surface area contributed by atoms with E-state index in [2.05, 4.69) is 5.32 Å². The van der Waals surface area contributed by atoms with E-state index in [-0.39, 0.29) is 18.1 Å². The van der Waals surface area contributed by atoms with Crippen LogP contribution in [0.4, 0.5) is 13.2 Å². The van der Waals surface area contributed by atoms with Crippen molar-refractivity contribution in [2.75, 3.05) is 7.05 Å².